The summed E-state index contributed by atoms with van der Waals surface area (Å²) in [4.78, 5) is 13.1. The molecule has 0 spiro atoms. The molecule has 1 fully saturated rings. The number of amides is 1. The lowest BCUT2D eigenvalue weighted by Crippen LogP contribution is -2.61. The van der Waals surface area contributed by atoms with Gasteiger partial charge in [0, 0.05) is 6.42 Å². The van der Waals surface area contributed by atoms with Crippen molar-refractivity contribution in [1.29, 1.82) is 0 Å². The van der Waals surface area contributed by atoms with Crippen LogP contribution in [0.3, 0.4) is 0 Å². The Hall–Kier alpha value is -1.42. The number of carbonyl (C=O) groups excluding carboxylic acids is 1. The summed E-state index contributed by atoms with van der Waals surface area (Å²) in [7, 11) is -5.09. The van der Waals surface area contributed by atoms with E-state index in [1.165, 1.54) is 161 Å². The molecular formula is C50H95NO11S. The van der Waals surface area contributed by atoms with E-state index in [4.69, 9.17) is 9.47 Å². The lowest BCUT2D eigenvalue weighted by molar-refractivity contribution is -0.298. The fraction of sp³-hybridized carbons (Fsp3) is 0.900. The Morgan fingerprint density at radius 3 is 1.44 bits per heavy atom. The molecule has 1 aliphatic heterocycles. The first-order valence-corrected chi connectivity index (χ1v) is 27.1. The van der Waals surface area contributed by atoms with Gasteiger partial charge in [0.15, 0.2) is 6.29 Å². The number of aliphatic hydroxyl groups excluding tert-OH is 4. The number of nitrogens with one attached hydrogen (secondary N) is 1. The predicted octanol–water partition coefficient (Wildman–Crippen LogP) is 10.9. The highest BCUT2D eigenvalue weighted by molar-refractivity contribution is 7.80. The van der Waals surface area contributed by atoms with Crippen molar-refractivity contribution >= 4 is 16.3 Å². The molecule has 0 bridgehead atoms. The summed E-state index contributed by atoms with van der Waals surface area (Å²) in [5, 5.41) is 44.8. The summed E-state index contributed by atoms with van der Waals surface area (Å²) >= 11 is 0. The van der Waals surface area contributed by atoms with Crippen LogP contribution in [0.1, 0.15) is 232 Å². The largest absolute Gasteiger partial charge is 0.397 e. The first-order chi connectivity index (χ1) is 30.5. The topological polar surface area (TPSA) is 192 Å². The zero-order valence-electron chi connectivity index (χ0n) is 39.9. The van der Waals surface area contributed by atoms with Crippen LogP contribution in [0.5, 0.6) is 0 Å². The van der Waals surface area contributed by atoms with Gasteiger partial charge in [-0.3, -0.25) is 9.35 Å². The second-order valence-corrected chi connectivity index (χ2v) is 19.2. The normalized spacial score (nSPS) is 20.5. The smallest absolute Gasteiger partial charge is 0.394 e. The van der Waals surface area contributed by atoms with Crippen molar-refractivity contribution in [2.45, 2.75) is 275 Å². The maximum Gasteiger partial charge on any atom is 0.397 e. The predicted molar refractivity (Wildman–Crippen MR) is 255 cm³/mol. The number of aliphatic hydroxyl groups is 4. The minimum absolute atomic E-state index is 0.265. The lowest BCUT2D eigenvalue weighted by Gasteiger charge is -2.41. The summed E-state index contributed by atoms with van der Waals surface area (Å²) < 4.78 is 47.7. The molecule has 63 heavy (non-hydrogen) atoms. The minimum Gasteiger partial charge on any atom is -0.394 e. The van der Waals surface area contributed by atoms with E-state index < -0.39 is 59.9 Å². The van der Waals surface area contributed by atoms with E-state index in [2.05, 4.69) is 35.5 Å². The zero-order chi connectivity index (χ0) is 46.2. The first kappa shape index (κ1) is 59.6. The Morgan fingerprint density at radius 2 is 1.02 bits per heavy atom. The maximum absolute atomic E-state index is 13.1. The molecule has 6 N–H and O–H groups in total. The lowest BCUT2D eigenvalue weighted by atomic mass is 9.99. The molecule has 0 aliphatic carbocycles. The molecular weight excluding hydrogens is 823 g/mol. The summed E-state index contributed by atoms with van der Waals surface area (Å²) in [6.45, 7) is 3.39. The van der Waals surface area contributed by atoms with Gasteiger partial charge in [0.05, 0.1) is 25.4 Å². The van der Waals surface area contributed by atoms with E-state index in [0.29, 0.717) is 6.42 Å². The third-order valence-corrected chi connectivity index (χ3v) is 12.7. The van der Waals surface area contributed by atoms with Crippen LogP contribution in [0.4, 0.5) is 0 Å². The van der Waals surface area contributed by atoms with Crippen molar-refractivity contribution in [1.82, 2.24) is 5.32 Å². The molecule has 7 atom stereocenters. The molecule has 1 aliphatic rings. The van der Waals surface area contributed by atoms with E-state index in [-0.39, 0.29) is 18.9 Å². The summed E-state index contributed by atoms with van der Waals surface area (Å²) in [6.07, 6.45) is 39.3. The Kier molecular flexibility index (Phi) is 38.6. The van der Waals surface area contributed by atoms with Gasteiger partial charge >= 0.3 is 10.4 Å². The molecule has 1 amide bonds. The van der Waals surface area contributed by atoms with Crippen molar-refractivity contribution in [3.05, 3.63) is 24.3 Å². The molecule has 0 saturated carbocycles. The second-order valence-electron chi connectivity index (χ2n) is 18.1. The maximum atomic E-state index is 13.1. The molecule has 1 saturated heterocycles. The van der Waals surface area contributed by atoms with Gasteiger partial charge in [0.25, 0.3) is 0 Å². The van der Waals surface area contributed by atoms with Crippen LogP contribution < -0.4 is 5.32 Å². The van der Waals surface area contributed by atoms with Gasteiger partial charge in [0.1, 0.15) is 24.4 Å². The van der Waals surface area contributed by atoms with Gasteiger partial charge < -0.3 is 35.2 Å². The van der Waals surface area contributed by atoms with Gasteiger partial charge in [0.2, 0.25) is 5.91 Å². The van der Waals surface area contributed by atoms with E-state index in [1.54, 1.807) is 6.08 Å². The Balaban J connectivity index is 2.45. The van der Waals surface area contributed by atoms with Crippen LogP contribution in [0.15, 0.2) is 24.3 Å². The highest BCUT2D eigenvalue weighted by atomic mass is 32.3. The highest BCUT2D eigenvalue weighted by Gasteiger charge is 2.48. The van der Waals surface area contributed by atoms with Crippen molar-refractivity contribution in [3.63, 3.8) is 0 Å². The number of rotatable bonds is 44. The number of hydrogen-bond acceptors (Lipinski definition) is 10. The molecule has 0 aromatic carbocycles. The number of hydrogen-bond donors (Lipinski definition) is 6. The number of ether oxygens (including phenoxy) is 2. The first-order valence-electron chi connectivity index (χ1n) is 25.7. The molecule has 0 radical (unpaired) electrons. The second kappa shape index (κ2) is 40.8. The Morgan fingerprint density at radius 1 is 0.619 bits per heavy atom. The third-order valence-electron chi connectivity index (χ3n) is 12.2. The van der Waals surface area contributed by atoms with Gasteiger partial charge in [-0.2, -0.15) is 8.42 Å². The van der Waals surface area contributed by atoms with Crippen LogP contribution >= 0.6 is 0 Å². The van der Waals surface area contributed by atoms with Gasteiger partial charge in [-0.25, -0.2) is 4.18 Å². The molecule has 372 valence electrons. The van der Waals surface area contributed by atoms with Crippen LogP contribution in [-0.4, -0.2) is 95.4 Å². The molecule has 1 heterocycles. The van der Waals surface area contributed by atoms with Crippen LogP contribution in [-0.2, 0) is 28.9 Å². The monoisotopic (exact) mass is 918 g/mol. The van der Waals surface area contributed by atoms with Crippen molar-refractivity contribution < 1.29 is 51.8 Å². The molecule has 0 aromatic heterocycles. The van der Waals surface area contributed by atoms with Crippen LogP contribution in [0, 0.1) is 0 Å². The van der Waals surface area contributed by atoms with Crippen LogP contribution in [0.25, 0.3) is 0 Å². The van der Waals surface area contributed by atoms with Crippen LogP contribution in [0.2, 0.25) is 0 Å². The Bertz CT molecular complexity index is 1220. The highest BCUT2D eigenvalue weighted by Crippen LogP contribution is 2.26. The average Bonchev–Trinajstić information content (AvgIpc) is 3.25. The van der Waals surface area contributed by atoms with E-state index in [9.17, 15) is 38.2 Å². The van der Waals surface area contributed by atoms with Crippen molar-refractivity contribution in [3.8, 4) is 0 Å². The number of allylic oxidation sites excluding steroid dienone is 3. The van der Waals surface area contributed by atoms with Crippen molar-refractivity contribution in [2.75, 3.05) is 13.2 Å². The van der Waals surface area contributed by atoms with E-state index in [1.807, 2.05) is 6.08 Å². The third kappa shape index (κ3) is 33.7. The van der Waals surface area contributed by atoms with Gasteiger partial charge in [-0.05, 0) is 44.9 Å². The summed E-state index contributed by atoms with van der Waals surface area (Å²) in [6, 6.07) is -0.944. The van der Waals surface area contributed by atoms with Gasteiger partial charge in [-0.1, -0.05) is 205 Å². The number of unbranched alkanes of at least 4 members (excludes halogenated alkanes) is 30. The van der Waals surface area contributed by atoms with E-state index >= 15 is 0 Å². The minimum atomic E-state index is -5.09. The van der Waals surface area contributed by atoms with E-state index in [0.717, 1.165) is 44.9 Å². The molecule has 7 unspecified atom stereocenters. The summed E-state index contributed by atoms with van der Waals surface area (Å²) in [5.41, 5.74) is 0. The fourth-order valence-corrected chi connectivity index (χ4v) is 8.72. The molecule has 13 heteroatoms. The molecule has 12 nitrogen and oxygen atoms in total. The SMILES string of the molecule is CCCCCC/C=C\CCCCCCCCCC(=O)NC(COC1OC(CO)C(O)C(OS(=O)(=O)O)C1O)C(O)/C=C/CCCCCCCCCCCCCCCCCCCCC. The standard InChI is InChI=1S/C50H95NO11S/c1-3-5-7-9-11-13-15-17-19-20-21-22-23-24-26-27-29-31-33-35-37-39-44(53)43(42-60-50-48(56)49(62-63(57,58)59)47(55)45(41-52)61-50)51-46(54)40-38-36-34-32-30-28-25-18-16-14-12-10-8-6-4-2/h14,16,37,39,43-45,47-50,52-53,55-56H,3-13,15,17-36,38,40-42H2,1-2H3,(H,51,54)(H,57,58,59)/b16-14-,39-37+. The van der Waals surface area contributed by atoms with Gasteiger partial charge in [-0.15, -0.1) is 0 Å². The summed E-state index contributed by atoms with van der Waals surface area (Å²) in [5.74, 6) is -0.266. The quantitative estimate of drug-likeness (QED) is 0.0194. The zero-order valence-corrected chi connectivity index (χ0v) is 40.7. The average molecular weight is 918 g/mol. The molecule has 1 rings (SSSR count). The number of carbonyl (C=O) groups is 1. The fourth-order valence-electron chi connectivity index (χ4n) is 8.21. The molecule has 0 aromatic rings. The van der Waals surface area contributed by atoms with Crippen molar-refractivity contribution in [2.24, 2.45) is 0 Å². The Labute approximate surface area is 384 Å².